The third kappa shape index (κ3) is 2.96. The summed E-state index contributed by atoms with van der Waals surface area (Å²) in [4.78, 5) is 17.1. The molecule has 0 radical (unpaired) electrons. The van der Waals surface area contributed by atoms with Gasteiger partial charge in [-0.15, -0.1) is 6.58 Å². The lowest BCUT2D eigenvalue weighted by molar-refractivity contribution is 0.0446. The molecule has 5 nitrogen and oxygen atoms in total. The van der Waals surface area contributed by atoms with Crippen LogP contribution in [-0.4, -0.2) is 41.7 Å². The summed E-state index contributed by atoms with van der Waals surface area (Å²) >= 11 is 0. The Morgan fingerprint density at radius 2 is 2.53 bits per heavy atom. The van der Waals surface area contributed by atoms with Crippen LogP contribution < -0.4 is 10.1 Å². The number of aromatic nitrogens is 1. The zero-order valence-corrected chi connectivity index (χ0v) is 9.50. The van der Waals surface area contributed by atoms with E-state index in [0.29, 0.717) is 19.6 Å². The standard InChI is InChI=1S/C12H15N3O2/c1-2-5-14-12(16)15-8-11(9-15)17-10-4-3-6-13-7-10/h2-4,6-7,11H,1,5,8-9H2,(H,14,16). The molecule has 1 fully saturated rings. The SMILES string of the molecule is C=CCNC(=O)N1CC(Oc2cccnc2)C1. The Hall–Kier alpha value is -2.04. The molecule has 90 valence electrons. The molecule has 2 rings (SSSR count). The molecule has 5 heteroatoms. The molecule has 2 amide bonds. The maximum atomic E-state index is 11.5. The summed E-state index contributed by atoms with van der Waals surface area (Å²) in [6.45, 7) is 5.25. The highest BCUT2D eigenvalue weighted by Crippen LogP contribution is 2.16. The molecule has 0 aromatic carbocycles. The van der Waals surface area contributed by atoms with Crippen LogP contribution in [0.5, 0.6) is 5.75 Å². The second kappa shape index (κ2) is 5.34. The zero-order chi connectivity index (χ0) is 12.1. The number of likely N-dealkylation sites (tertiary alicyclic amines) is 1. The first-order chi connectivity index (χ1) is 8.29. The van der Waals surface area contributed by atoms with Crippen molar-refractivity contribution in [2.45, 2.75) is 6.10 Å². The van der Waals surface area contributed by atoms with E-state index in [9.17, 15) is 4.79 Å². The van der Waals surface area contributed by atoms with Gasteiger partial charge in [-0.1, -0.05) is 6.08 Å². The molecule has 1 aromatic heterocycles. The summed E-state index contributed by atoms with van der Waals surface area (Å²) < 4.78 is 5.63. The van der Waals surface area contributed by atoms with Crippen molar-refractivity contribution in [2.24, 2.45) is 0 Å². The quantitative estimate of drug-likeness (QED) is 0.790. The van der Waals surface area contributed by atoms with Gasteiger partial charge in [-0.05, 0) is 12.1 Å². The first-order valence-corrected chi connectivity index (χ1v) is 5.50. The van der Waals surface area contributed by atoms with E-state index < -0.39 is 0 Å². The van der Waals surface area contributed by atoms with Gasteiger partial charge in [0.15, 0.2) is 0 Å². The van der Waals surface area contributed by atoms with Gasteiger partial charge in [-0.2, -0.15) is 0 Å². The van der Waals surface area contributed by atoms with Crippen LogP contribution in [-0.2, 0) is 0 Å². The highest BCUT2D eigenvalue weighted by atomic mass is 16.5. The van der Waals surface area contributed by atoms with E-state index in [1.807, 2.05) is 12.1 Å². The van der Waals surface area contributed by atoms with Gasteiger partial charge < -0.3 is 15.0 Å². The third-order valence-electron chi connectivity index (χ3n) is 2.47. The van der Waals surface area contributed by atoms with Crippen LogP contribution in [0.15, 0.2) is 37.2 Å². The molecule has 1 aliphatic heterocycles. The Bertz CT molecular complexity index is 388. The largest absolute Gasteiger partial charge is 0.485 e. The number of carbonyl (C=O) groups excluding carboxylic acids is 1. The molecule has 0 spiro atoms. The molecular weight excluding hydrogens is 218 g/mol. The second-order valence-electron chi connectivity index (χ2n) is 3.81. The van der Waals surface area contributed by atoms with Crippen molar-refractivity contribution in [2.75, 3.05) is 19.6 Å². The van der Waals surface area contributed by atoms with Crippen molar-refractivity contribution >= 4 is 6.03 Å². The molecule has 1 aromatic rings. The van der Waals surface area contributed by atoms with Crippen molar-refractivity contribution in [3.63, 3.8) is 0 Å². The van der Waals surface area contributed by atoms with E-state index in [1.54, 1.807) is 23.4 Å². The monoisotopic (exact) mass is 233 g/mol. The van der Waals surface area contributed by atoms with E-state index in [1.165, 1.54) is 0 Å². The predicted molar refractivity (Wildman–Crippen MR) is 63.8 cm³/mol. The number of hydrogen-bond donors (Lipinski definition) is 1. The number of ether oxygens (including phenoxy) is 1. The molecule has 2 heterocycles. The van der Waals surface area contributed by atoms with Crippen molar-refractivity contribution in [1.29, 1.82) is 0 Å². The van der Waals surface area contributed by atoms with Crippen LogP contribution >= 0.6 is 0 Å². The number of nitrogens with zero attached hydrogens (tertiary/aromatic N) is 2. The number of amides is 2. The van der Waals surface area contributed by atoms with Gasteiger partial charge in [0.1, 0.15) is 11.9 Å². The maximum absolute atomic E-state index is 11.5. The number of carbonyl (C=O) groups is 1. The third-order valence-corrected chi connectivity index (χ3v) is 2.47. The number of rotatable bonds is 4. The van der Waals surface area contributed by atoms with Crippen LogP contribution in [0.1, 0.15) is 0 Å². The van der Waals surface area contributed by atoms with Gasteiger partial charge in [-0.25, -0.2) is 4.79 Å². The minimum atomic E-state index is -0.0732. The molecule has 0 unspecified atom stereocenters. The average Bonchev–Trinajstić information content (AvgIpc) is 2.31. The second-order valence-corrected chi connectivity index (χ2v) is 3.81. The van der Waals surface area contributed by atoms with Gasteiger partial charge in [0.05, 0.1) is 19.3 Å². The van der Waals surface area contributed by atoms with Crippen LogP contribution in [0.2, 0.25) is 0 Å². The van der Waals surface area contributed by atoms with Crippen molar-refractivity contribution in [1.82, 2.24) is 15.2 Å². The minimum Gasteiger partial charge on any atom is -0.485 e. The Balaban J connectivity index is 1.72. The van der Waals surface area contributed by atoms with Crippen LogP contribution in [0.25, 0.3) is 0 Å². The summed E-state index contributed by atoms with van der Waals surface area (Å²) in [5.74, 6) is 0.739. The van der Waals surface area contributed by atoms with Gasteiger partial charge in [0.25, 0.3) is 0 Å². The first kappa shape index (κ1) is 11.4. The van der Waals surface area contributed by atoms with E-state index in [2.05, 4.69) is 16.9 Å². The van der Waals surface area contributed by atoms with Crippen molar-refractivity contribution in [3.05, 3.63) is 37.2 Å². The first-order valence-electron chi connectivity index (χ1n) is 5.50. The van der Waals surface area contributed by atoms with Crippen molar-refractivity contribution < 1.29 is 9.53 Å². The molecule has 0 aliphatic carbocycles. The fourth-order valence-electron chi connectivity index (χ4n) is 1.56. The number of nitrogens with one attached hydrogen (secondary N) is 1. The zero-order valence-electron chi connectivity index (χ0n) is 9.50. The maximum Gasteiger partial charge on any atom is 0.317 e. The summed E-state index contributed by atoms with van der Waals surface area (Å²) in [5, 5.41) is 2.72. The van der Waals surface area contributed by atoms with Crippen LogP contribution in [0, 0.1) is 0 Å². The lowest BCUT2D eigenvalue weighted by atomic mass is 10.2. The smallest absolute Gasteiger partial charge is 0.317 e. The van der Waals surface area contributed by atoms with Crippen LogP contribution in [0.4, 0.5) is 4.79 Å². The van der Waals surface area contributed by atoms with Gasteiger partial charge in [0.2, 0.25) is 0 Å². The normalized spacial score (nSPS) is 14.9. The van der Waals surface area contributed by atoms with E-state index >= 15 is 0 Å². The van der Waals surface area contributed by atoms with Crippen LogP contribution in [0.3, 0.4) is 0 Å². The molecule has 0 saturated carbocycles. The Labute approximate surface area is 100 Å². The number of pyridine rings is 1. The fraction of sp³-hybridized carbons (Fsp3) is 0.333. The lowest BCUT2D eigenvalue weighted by Crippen LogP contribution is -2.58. The van der Waals surface area contributed by atoms with Gasteiger partial charge in [-0.3, -0.25) is 4.98 Å². The topological polar surface area (TPSA) is 54.5 Å². The minimum absolute atomic E-state index is 0.0636. The number of urea groups is 1. The van der Waals surface area contributed by atoms with E-state index in [4.69, 9.17) is 4.74 Å². The summed E-state index contributed by atoms with van der Waals surface area (Å²) in [7, 11) is 0. The number of hydrogen-bond acceptors (Lipinski definition) is 3. The molecule has 1 N–H and O–H groups in total. The Morgan fingerprint density at radius 1 is 1.71 bits per heavy atom. The summed E-state index contributed by atoms with van der Waals surface area (Å²) in [5.41, 5.74) is 0. The average molecular weight is 233 g/mol. The molecule has 1 aliphatic rings. The highest BCUT2D eigenvalue weighted by Gasteiger charge is 2.31. The Kier molecular flexibility index (Phi) is 3.59. The Morgan fingerprint density at radius 3 is 3.18 bits per heavy atom. The predicted octanol–water partition coefficient (Wildman–Crippen LogP) is 1.04. The molecule has 17 heavy (non-hydrogen) atoms. The van der Waals surface area contributed by atoms with Crippen molar-refractivity contribution in [3.8, 4) is 5.75 Å². The summed E-state index contributed by atoms with van der Waals surface area (Å²) in [6, 6.07) is 3.60. The van der Waals surface area contributed by atoms with Gasteiger partial charge >= 0.3 is 6.03 Å². The van der Waals surface area contributed by atoms with E-state index in [-0.39, 0.29) is 12.1 Å². The van der Waals surface area contributed by atoms with Gasteiger partial charge in [0, 0.05) is 12.7 Å². The molecular formula is C12H15N3O2. The molecule has 0 bridgehead atoms. The molecule has 0 atom stereocenters. The molecule has 1 saturated heterocycles. The summed E-state index contributed by atoms with van der Waals surface area (Å²) in [6.07, 6.45) is 5.08. The fourth-order valence-corrected chi connectivity index (χ4v) is 1.56. The lowest BCUT2D eigenvalue weighted by Gasteiger charge is -2.38. The van der Waals surface area contributed by atoms with E-state index in [0.717, 1.165) is 5.75 Å². The highest BCUT2D eigenvalue weighted by molar-refractivity contribution is 5.75.